The lowest BCUT2D eigenvalue weighted by Gasteiger charge is -2.24. The molecule has 2 atom stereocenters. The molecule has 0 bridgehead atoms. The number of rotatable bonds is 2. The summed E-state index contributed by atoms with van der Waals surface area (Å²) >= 11 is 0. The minimum Gasteiger partial charge on any atom is -0.481 e. The minimum absolute atomic E-state index is 0.506. The monoisotopic (exact) mass is 301 g/mol. The van der Waals surface area contributed by atoms with Crippen LogP contribution in [0.25, 0.3) is 10.8 Å². The van der Waals surface area contributed by atoms with E-state index in [4.69, 9.17) is 10.2 Å². The molecule has 1 aliphatic rings. The fourth-order valence-electron chi connectivity index (χ4n) is 2.75. The van der Waals surface area contributed by atoms with Crippen molar-refractivity contribution in [1.29, 1.82) is 0 Å². The van der Waals surface area contributed by atoms with Gasteiger partial charge < -0.3 is 10.2 Å². The van der Waals surface area contributed by atoms with Gasteiger partial charge in [-0.3, -0.25) is 14.6 Å². The van der Waals surface area contributed by atoms with Gasteiger partial charge in [-0.2, -0.15) is 0 Å². The molecule has 1 aliphatic carbocycles. The lowest BCUT2D eigenvalue weighted by atomic mass is 9.79. The second kappa shape index (κ2) is 7.54. The Labute approximate surface area is 128 Å². The van der Waals surface area contributed by atoms with Crippen molar-refractivity contribution in [2.75, 3.05) is 0 Å². The first kappa shape index (κ1) is 15.9. The van der Waals surface area contributed by atoms with Gasteiger partial charge >= 0.3 is 11.9 Å². The molecule has 1 saturated carbocycles. The van der Waals surface area contributed by atoms with Crippen LogP contribution in [0, 0.1) is 11.8 Å². The number of benzene rings is 1. The quantitative estimate of drug-likeness (QED) is 0.889. The second-order valence-electron chi connectivity index (χ2n) is 5.40. The molecule has 0 saturated heterocycles. The van der Waals surface area contributed by atoms with Crippen LogP contribution >= 0.6 is 0 Å². The van der Waals surface area contributed by atoms with Gasteiger partial charge in [-0.25, -0.2) is 0 Å². The van der Waals surface area contributed by atoms with Gasteiger partial charge in [0.05, 0.1) is 11.8 Å². The predicted octanol–water partition coefficient (Wildman–Crippen LogP) is 3.20. The van der Waals surface area contributed by atoms with Crippen LogP contribution in [-0.2, 0) is 9.59 Å². The van der Waals surface area contributed by atoms with Crippen molar-refractivity contribution in [2.24, 2.45) is 11.8 Å². The van der Waals surface area contributed by atoms with Crippen LogP contribution in [0.2, 0.25) is 0 Å². The number of carboxylic acid groups (broad SMARTS) is 2. The van der Waals surface area contributed by atoms with Crippen LogP contribution in [-0.4, -0.2) is 27.1 Å². The molecule has 2 N–H and O–H groups in total. The Morgan fingerprint density at radius 1 is 0.909 bits per heavy atom. The molecule has 0 aliphatic heterocycles. The van der Waals surface area contributed by atoms with E-state index < -0.39 is 23.8 Å². The molecule has 22 heavy (non-hydrogen) atoms. The maximum Gasteiger partial charge on any atom is 0.307 e. The SMILES string of the molecule is O=C(O)[C@H]1CCCC[C@H]1C(=O)O.c1ccc2cnccc2c1. The number of nitrogens with zero attached hydrogens (tertiary/aromatic N) is 1. The van der Waals surface area contributed by atoms with Crippen molar-refractivity contribution >= 4 is 22.7 Å². The summed E-state index contributed by atoms with van der Waals surface area (Å²) < 4.78 is 0. The third kappa shape index (κ3) is 4.04. The zero-order chi connectivity index (χ0) is 15.9. The fourth-order valence-corrected chi connectivity index (χ4v) is 2.75. The third-order valence-electron chi connectivity index (χ3n) is 3.95. The smallest absolute Gasteiger partial charge is 0.307 e. The van der Waals surface area contributed by atoms with Gasteiger partial charge in [0.15, 0.2) is 0 Å². The van der Waals surface area contributed by atoms with Crippen molar-refractivity contribution in [3.05, 3.63) is 42.7 Å². The molecule has 1 heterocycles. The third-order valence-corrected chi connectivity index (χ3v) is 3.95. The summed E-state index contributed by atoms with van der Waals surface area (Å²) in [5, 5.41) is 19.8. The van der Waals surface area contributed by atoms with Crippen molar-refractivity contribution < 1.29 is 19.8 Å². The highest BCUT2D eigenvalue weighted by Crippen LogP contribution is 2.30. The van der Waals surface area contributed by atoms with Crippen molar-refractivity contribution in [3.8, 4) is 0 Å². The normalized spacial score (nSPS) is 20.7. The Morgan fingerprint density at radius 3 is 1.95 bits per heavy atom. The standard InChI is InChI=1S/C9H7N.C8H12O4/c1-2-4-9-7-10-6-5-8(9)3-1;9-7(10)5-3-1-2-4-6(5)8(11)12/h1-7H;5-6H,1-4H2,(H,9,10)(H,11,12)/t;5-,6+. The molecule has 3 rings (SSSR count). The Bertz CT molecular complexity index is 568. The van der Waals surface area contributed by atoms with Crippen molar-refractivity contribution in [3.63, 3.8) is 0 Å². The summed E-state index contributed by atoms with van der Waals surface area (Å²) in [4.78, 5) is 25.2. The van der Waals surface area contributed by atoms with E-state index in [0.717, 1.165) is 12.8 Å². The minimum atomic E-state index is -0.970. The van der Waals surface area contributed by atoms with Crippen LogP contribution in [0.5, 0.6) is 0 Å². The highest BCUT2D eigenvalue weighted by molar-refractivity contribution is 5.81. The summed E-state index contributed by atoms with van der Waals surface area (Å²) in [7, 11) is 0. The number of aliphatic carboxylic acids is 2. The van der Waals surface area contributed by atoms with Gasteiger partial charge in [0.1, 0.15) is 0 Å². The summed E-state index contributed by atoms with van der Waals surface area (Å²) in [6.45, 7) is 0. The summed E-state index contributed by atoms with van der Waals surface area (Å²) in [5.41, 5.74) is 0. The number of aromatic nitrogens is 1. The van der Waals surface area contributed by atoms with Gasteiger partial charge in [0.2, 0.25) is 0 Å². The Morgan fingerprint density at radius 2 is 1.45 bits per heavy atom. The predicted molar refractivity (Wildman–Crippen MR) is 82.5 cm³/mol. The highest BCUT2D eigenvalue weighted by Gasteiger charge is 2.35. The number of pyridine rings is 1. The molecular weight excluding hydrogens is 282 g/mol. The number of hydrogen-bond donors (Lipinski definition) is 2. The second-order valence-corrected chi connectivity index (χ2v) is 5.40. The zero-order valence-corrected chi connectivity index (χ0v) is 12.2. The topological polar surface area (TPSA) is 87.5 Å². The van der Waals surface area contributed by atoms with Gasteiger partial charge in [-0.05, 0) is 29.7 Å². The Hall–Kier alpha value is -2.43. The first-order valence-electron chi connectivity index (χ1n) is 7.34. The first-order valence-corrected chi connectivity index (χ1v) is 7.34. The molecule has 5 heteroatoms. The van der Waals surface area contributed by atoms with Crippen LogP contribution in [0.15, 0.2) is 42.7 Å². The van der Waals surface area contributed by atoms with Crippen LogP contribution in [0.1, 0.15) is 25.7 Å². The van der Waals surface area contributed by atoms with Crippen LogP contribution < -0.4 is 0 Å². The van der Waals surface area contributed by atoms with E-state index in [9.17, 15) is 9.59 Å². The molecule has 1 aromatic carbocycles. The molecule has 0 spiro atoms. The van der Waals surface area contributed by atoms with E-state index in [0.29, 0.717) is 12.8 Å². The van der Waals surface area contributed by atoms with Gasteiger partial charge in [0, 0.05) is 12.4 Å². The molecule has 0 unspecified atom stereocenters. The van der Waals surface area contributed by atoms with E-state index in [2.05, 4.69) is 17.1 Å². The van der Waals surface area contributed by atoms with Gasteiger partial charge in [-0.1, -0.05) is 37.1 Å². The molecule has 0 radical (unpaired) electrons. The largest absolute Gasteiger partial charge is 0.481 e. The summed E-state index contributed by atoms with van der Waals surface area (Å²) in [6, 6.07) is 10.2. The molecular formula is C17H19NO4. The highest BCUT2D eigenvalue weighted by atomic mass is 16.4. The molecule has 0 amide bonds. The number of fused-ring (bicyclic) bond motifs is 1. The maximum absolute atomic E-state index is 10.6. The summed E-state index contributed by atoms with van der Waals surface area (Å²) in [6.07, 6.45) is 6.36. The lowest BCUT2D eigenvalue weighted by molar-refractivity contribution is -0.155. The number of carbonyl (C=O) groups is 2. The van der Waals surface area contributed by atoms with Gasteiger partial charge in [-0.15, -0.1) is 0 Å². The molecule has 1 aromatic heterocycles. The van der Waals surface area contributed by atoms with Crippen LogP contribution in [0.3, 0.4) is 0 Å². The molecule has 1 fully saturated rings. The maximum atomic E-state index is 10.6. The van der Waals surface area contributed by atoms with E-state index >= 15 is 0 Å². The van der Waals surface area contributed by atoms with Crippen molar-refractivity contribution in [1.82, 2.24) is 4.98 Å². The van der Waals surface area contributed by atoms with E-state index in [1.54, 1.807) is 0 Å². The molecule has 116 valence electrons. The molecule has 5 nitrogen and oxygen atoms in total. The lowest BCUT2D eigenvalue weighted by Crippen LogP contribution is -2.32. The van der Waals surface area contributed by atoms with E-state index in [1.165, 1.54) is 10.8 Å². The number of carboxylic acids is 2. The fraction of sp³-hybridized carbons (Fsp3) is 0.353. The molecule has 2 aromatic rings. The Kier molecular flexibility index (Phi) is 5.47. The number of hydrogen-bond acceptors (Lipinski definition) is 3. The van der Waals surface area contributed by atoms with Crippen molar-refractivity contribution in [2.45, 2.75) is 25.7 Å². The summed E-state index contributed by atoms with van der Waals surface area (Å²) in [5.74, 6) is -3.28. The zero-order valence-electron chi connectivity index (χ0n) is 12.2. The van der Waals surface area contributed by atoms with E-state index in [1.807, 2.05) is 30.6 Å². The van der Waals surface area contributed by atoms with Gasteiger partial charge in [0.25, 0.3) is 0 Å². The average molecular weight is 301 g/mol. The Balaban J connectivity index is 0.000000162. The van der Waals surface area contributed by atoms with E-state index in [-0.39, 0.29) is 0 Å². The first-order chi connectivity index (χ1) is 10.6. The average Bonchev–Trinajstić information content (AvgIpc) is 2.55. The van der Waals surface area contributed by atoms with Crippen LogP contribution in [0.4, 0.5) is 0 Å².